The Morgan fingerprint density at radius 3 is 2.56 bits per heavy atom. The van der Waals surface area contributed by atoms with Crippen molar-refractivity contribution >= 4 is 17.5 Å². The van der Waals surface area contributed by atoms with Crippen molar-refractivity contribution < 1.29 is 19.2 Å². The van der Waals surface area contributed by atoms with Gasteiger partial charge in [0.15, 0.2) is 0 Å². The zero-order valence-electron chi connectivity index (χ0n) is 14.7. The van der Waals surface area contributed by atoms with E-state index in [1.165, 1.54) is 12.1 Å². The average Bonchev–Trinajstić information content (AvgIpc) is 2.97. The minimum atomic E-state index is -0.538. The van der Waals surface area contributed by atoms with Crippen molar-refractivity contribution in [3.63, 3.8) is 0 Å². The molecule has 8 nitrogen and oxygen atoms in total. The molecule has 0 aromatic heterocycles. The van der Waals surface area contributed by atoms with E-state index in [-0.39, 0.29) is 23.9 Å². The number of morpholine rings is 1. The van der Waals surface area contributed by atoms with Gasteiger partial charge in [0.2, 0.25) is 0 Å². The van der Waals surface area contributed by atoms with E-state index in [4.69, 9.17) is 9.47 Å². The number of hydrogen-bond acceptors (Lipinski definition) is 6. The van der Waals surface area contributed by atoms with Crippen molar-refractivity contribution in [3.8, 4) is 0 Å². The first-order valence-electron chi connectivity index (χ1n) is 8.35. The van der Waals surface area contributed by atoms with Gasteiger partial charge in [-0.3, -0.25) is 10.1 Å². The van der Waals surface area contributed by atoms with Gasteiger partial charge in [-0.05, 0) is 32.9 Å². The number of hydrogen-bond donors (Lipinski definition) is 0. The maximum atomic E-state index is 12.3. The van der Waals surface area contributed by atoms with Gasteiger partial charge in [-0.25, -0.2) is 4.79 Å². The third-order valence-corrected chi connectivity index (χ3v) is 4.35. The summed E-state index contributed by atoms with van der Waals surface area (Å²) in [4.78, 5) is 26.6. The number of benzene rings is 1. The Balaban J connectivity index is 1.73. The van der Waals surface area contributed by atoms with Crippen molar-refractivity contribution in [2.24, 2.45) is 0 Å². The lowest BCUT2D eigenvalue weighted by molar-refractivity contribution is -0.384. The van der Waals surface area contributed by atoms with E-state index in [9.17, 15) is 14.9 Å². The number of carbonyl (C=O) groups excluding carboxylic acids is 1. The minimum absolute atomic E-state index is 0.0164. The molecular formula is C17H23N3O5. The number of rotatable bonds is 2. The highest BCUT2D eigenvalue weighted by Crippen LogP contribution is 2.30. The Hall–Kier alpha value is -2.35. The van der Waals surface area contributed by atoms with Crippen LogP contribution in [0.5, 0.6) is 0 Å². The molecular weight excluding hydrogens is 326 g/mol. The summed E-state index contributed by atoms with van der Waals surface area (Å²) in [7, 11) is 0. The van der Waals surface area contributed by atoms with Gasteiger partial charge in [-0.1, -0.05) is 0 Å². The lowest BCUT2D eigenvalue weighted by Crippen LogP contribution is -2.51. The van der Waals surface area contributed by atoms with Gasteiger partial charge >= 0.3 is 6.09 Å². The lowest BCUT2D eigenvalue weighted by Gasteiger charge is -2.38. The summed E-state index contributed by atoms with van der Waals surface area (Å²) in [5.74, 6) is 0. The summed E-state index contributed by atoms with van der Waals surface area (Å²) in [5, 5.41) is 10.8. The zero-order valence-corrected chi connectivity index (χ0v) is 14.7. The predicted octanol–water partition coefficient (Wildman–Crippen LogP) is 2.42. The number of nitrogens with zero attached hydrogens (tertiary/aromatic N) is 3. The predicted molar refractivity (Wildman–Crippen MR) is 91.8 cm³/mol. The summed E-state index contributed by atoms with van der Waals surface area (Å²) in [6.45, 7) is 7.76. The van der Waals surface area contributed by atoms with E-state index in [2.05, 4.69) is 4.90 Å². The molecule has 1 amide bonds. The molecule has 2 unspecified atom stereocenters. The molecule has 25 heavy (non-hydrogen) atoms. The Kier molecular flexibility index (Phi) is 4.55. The standard InChI is InChI=1S/C17H23N3O5/c1-17(2,3)25-16(21)18-10-14-15(11-18)24-9-8-19(14)12-4-6-13(7-5-12)20(22)23/h4-7,14-15H,8-11H2,1-3H3. The number of non-ortho nitro benzene ring substituents is 1. The molecule has 2 aliphatic rings. The van der Waals surface area contributed by atoms with E-state index in [0.717, 1.165) is 5.69 Å². The van der Waals surface area contributed by atoms with Crippen molar-refractivity contribution in [1.29, 1.82) is 0 Å². The summed E-state index contributed by atoms with van der Waals surface area (Å²) in [6, 6.07) is 6.51. The van der Waals surface area contributed by atoms with Crippen LogP contribution in [0.4, 0.5) is 16.2 Å². The maximum absolute atomic E-state index is 12.3. The highest BCUT2D eigenvalue weighted by atomic mass is 16.6. The SMILES string of the molecule is CC(C)(C)OC(=O)N1CC2OCCN(c3ccc([N+](=O)[O-])cc3)C2C1. The van der Waals surface area contributed by atoms with Crippen LogP contribution in [-0.2, 0) is 9.47 Å². The molecule has 136 valence electrons. The Morgan fingerprint density at radius 2 is 1.96 bits per heavy atom. The third kappa shape index (κ3) is 3.84. The Bertz CT molecular complexity index is 655. The number of nitro groups is 1. The molecule has 2 saturated heterocycles. The van der Waals surface area contributed by atoms with Crippen molar-refractivity contribution in [2.75, 3.05) is 31.1 Å². The van der Waals surface area contributed by atoms with Crippen LogP contribution >= 0.6 is 0 Å². The molecule has 3 rings (SSSR count). The van der Waals surface area contributed by atoms with Gasteiger partial charge in [0, 0.05) is 30.9 Å². The lowest BCUT2D eigenvalue weighted by atomic mass is 10.1. The number of anilines is 1. The topological polar surface area (TPSA) is 85.1 Å². The van der Waals surface area contributed by atoms with Gasteiger partial charge in [0.25, 0.3) is 5.69 Å². The molecule has 2 atom stereocenters. The van der Waals surface area contributed by atoms with Gasteiger partial charge in [0.05, 0.1) is 30.2 Å². The van der Waals surface area contributed by atoms with Crippen molar-refractivity contribution in [1.82, 2.24) is 4.90 Å². The molecule has 8 heteroatoms. The van der Waals surface area contributed by atoms with Crippen LogP contribution in [-0.4, -0.2) is 59.9 Å². The molecule has 1 aromatic rings. The number of amides is 1. The van der Waals surface area contributed by atoms with Gasteiger partial charge in [-0.15, -0.1) is 0 Å². The van der Waals surface area contributed by atoms with Crippen LogP contribution in [0.2, 0.25) is 0 Å². The first kappa shape index (κ1) is 17.5. The summed E-state index contributed by atoms with van der Waals surface area (Å²) in [5.41, 5.74) is 0.425. The number of ether oxygens (including phenoxy) is 2. The first-order valence-corrected chi connectivity index (χ1v) is 8.35. The van der Waals surface area contributed by atoms with Crippen molar-refractivity contribution in [3.05, 3.63) is 34.4 Å². The third-order valence-electron chi connectivity index (χ3n) is 4.35. The number of likely N-dealkylation sites (tertiary alicyclic amines) is 1. The van der Waals surface area contributed by atoms with E-state index >= 15 is 0 Å². The van der Waals surface area contributed by atoms with Gasteiger partial charge < -0.3 is 19.3 Å². The van der Waals surface area contributed by atoms with Gasteiger partial charge in [-0.2, -0.15) is 0 Å². The Labute approximate surface area is 146 Å². The second-order valence-corrected chi connectivity index (χ2v) is 7.33. The van der Waals surface area contributed by atoms with E-state index in [0.29, 0.717) is 26.2 Å². The first-order chi connectivity index (χ1) is 11.7. The van der Waals surface area contributed by atoms with Gasteiger partial charge in [0.1, 0.15) is 5.60 Å². The number of nitro benzene ring substituents is 1. The molecule has 2 aliphatic heterocycles. The molecule has 0 radical (unpaired) electrons. The number of fused-ring (bicyclic) bond motifs is 1. The monoisotopic (exact) mass is 349 g/mol. The number of carbonyl (C=O) groups is 1. The summed E-state index contributed by atoms with van der Waals surface area (Å²) < 4.78 is 11.3. The summed E-state index contributed by atoms with van der Waals surface area (Å²) in [6.07, 6.45) is -0.425. The fourth-order valence-corrected chi connectivity index (χ4v) is 3.25. The molecule has 0 bridgehead atoms. The fraction of sp³-hybridized carbons (Fsp3) is 0.588. The zero-order chi connectivity index (χ0) is 18.2. The molecule has 2 heterocycles. The van der Waals surface area contributed by atoms with Crippen LogP contribution in [0.25, 0.3) is 0 Å². The average molecular weight is 349 g/mol. The summed E-state index contributed by atoms with van der Waals surface area (Å²) >= 11 is 0. The second-order valence-electron chi connectivity index (χ2n) is 7.33. The molecule has 0 spiro atoms. The molecule has 0 aliphatic carbocycles. The van der Waals surface area contributed by atoms with Crippen LogP contribution in [0.15, 0.2) is 24.3 Å². The second kappa shape index (κ2) is 6.51. The largest absolute Gasteiger partial charge is 0.444 e. The highest BCUT2D eigenvalue weighted by Gasteiger charge is 2.43. The van der Waals surface area contributed by atoms with Crippen LogP contribution in [0.1, 0.15) is 20.8 Å². The van der Waals surface area contributed by atoms with Crippen LogP contribution in [0.3, 0.4) is 0 Å². The molecule has 2 fully saturated rings. The van der Waals surface area contributed by atoms with E-state index in [1.807, 2.05) is 20.8 Å². The normalized spacial score (nSPS) is 23.3. The Morgan fingerprint density at radius 1 is 1.28 bits per heavy atom. The van der Waals surface area contributed by atoms with Crippen LogP contribution < -0.4 is 4.90 Å². The maximum Gasteiger partial charge on any atom is 0.410 e. The van der Waals surface area contributed by atoms with E-state index in [1.54, 1.807) is 17.0 Å². The van der Waals surface area contributed by atoms with Crippen molar-refractivity contribution in [2.45, 2.75) is 38.5 Å². The van der Waals surface area contributed by atoms with E-state index < -0.39 is 10.5 Å². The molecule has 1 aromatic carbocycles. The molecule has 0 N–H and O–H groups in total. The van der Waals surface area contributed by atoms with Crippen LogP contribution in [0, 0.1) is 10.1 Å². The fourth-order valence-electron chi connectivity index (χ4n) is 3.25. The quantitative estimate of drug-likeness (QED) is 0.602. The smallest absolute Gasteiger partial charge is 0.410 e. The molecule has 0 saturated carbocycles. The minimum Gasteiger partial charge on any atom is -0.444 e. The highest BCUT2D eigenvalue weighted by molar-refractivity contribution is 5.69.